The molecular weight excluding hydrogens is 190 g/mol. The number of rotatable bonds is 3. The molecule has 84 valence electrons. The fourth-order valence-corrected chi connectivity index (χ4v) is 1.96. The van der Waals surface area contributed by atoms with Gasteiger partial charge in [0.2, 0.25) is 0 Å². The van der Waals surface area contributed by atoms with Crippen LogP contribution in [0.3, 0.4) is 0 Å². The highest BCUT2D eigenvalue weighted by Crippen LogP contribution is 2.32. The van der Waals surface area contributed by atoms with Gasteiger partial charge in [0, 0.05) is 12.8 Å². The van der Waals surface area contributed by atoms with Crippen molar-refractivity contribution in [3.05, 3.63) is 0 Å². The first-order valence-corrected chi connectivity index (χ1v) is 5.57. The highest BCUT2D eigenvalue weighted by Gasteiger charge is 2.40. The van der Waals surface area contributed by atoms with Crippen molar-refractivity contribution in [2.75, 3.05) is 0 Å². The Hall–Kier alpha value is -0.880. The first kappa shape index (κ1) is 12.2. The molecule has 15 heavy (non-hydrogen) atoms. The van der Waals surface area contributed by atoms with E-state index in [2.05, 4.69) is 19.9 Å². The molecule has 1 fully saturated rings. The first-order valence-electron chi connectivity index (χ1n) is 5.57. The number of nitriles is 1. The van der Waals surface area contributed by atoms with Crippen LogP contribution in [0.1, 0.15) is 46.5 Å². The highest BCUT2D eigenvalue weighted by molar-refractivity contribution is 5.87. The van der Waals surface area contributed by atoms with Gasteiger partial charge >= 0.3 is 0 Å². The van der Waals surface area contributed by atoms with Gasteiger partial charge in [-0.15, -0.1) is 0 Å². The molecule has 1 aliphatic rings. The molecule has 3 heteroatoms. The van der Waals surface area contributed by atoms with Gasteiger partial charge in [-0.2, -0.15) is 5.26 Å². The van der Waals surface area contributed by atoms with E-state index in [-0.39, 0.29) is 11.9 Å². The van der Waals surface area contributed by atoms with Crippen molar-refractivity contribution in [2.24, 2.45) is 5.92 Å². The van der Waals surface area contributed by atoms with E-state index < -0.39 is 5.60 Å². The van der Waals surface area contributed by atoms with Gasteiger partial charge in [-0.3, -0.25) is 4.79 Å². The molecule has 0 aromatic rings. The molecule has 2 unspecified atom stereocenters. The molecule has 0 amide bonds. The molecule has 0 N–H and O–H groups in total. The van der Waals surface area contributed by atoms with Crippen LogP contribution in [-0.4, -0.2) is 17.5 Å². The summed E-state index contributed by atoms with van der Waals surface area (Å²) in [5.74, 6) is 0.578. The summed E-state index contributed by atoms with van der Waals surface area (Å²) in [6, 6.07) is 2.07. The lowest BCUT2D eigenvalue weighted by Crippen LogP contribution is -2.47. The lowest BCUT2D eigenvalue weighted by Gasteiger charge is -2.38. The molecular formula is C12H19NO2. The first-order chi connectivity index (χ1) is 6.99. The average molecular weight is 209 g/mol. The molecule has 0 bridgehead atoms. The number of ketones is 1. The van der Waals surface area contributed by atoms with Gasteiger partial charge in [-0.25, -0.2) is 0 Å². The minimum Gasteiger partial charge on any atom is -0.364 e. The third-order valence-corrected chi connectivity index (χ3v) is 3.11. The molecule has 0 radical (unpaired) electrons. The smallest absolute Gasteiger partial charge is 0.164 e. The zero-order valence-corrected chi connectivity index (χ0v) is 9.75. The Morgan fingerprint density at radius 2 is 2.33 bits per heavy atom. The van der Waals surface area contributed by atoms with Gasteiger partial charge in [0.05, 0.1) is 12.2 Å². The van der Waals surface area contributed by atoms with Gasteiger partial charge in [-0.05, 0) is 25.7 Å². The Morgan fingerprint density at radius 1 is 1.67 bits per heavy atom. The topological polar surface area (TPSA) is 50.1 Å². The Bertz CT molecular complexity index is 280. The Balaban J connectivity index is 2.68. The molecule has 2 atom stereocenters. The van der Waals surface area contributed by atoms with E-state index in [0.717, 1.165) is 6.42 Å². The van der Waals surface area contributed by atoms with Crippen LogP contribution in [0.25, 0.3) is 0 Å². The minimum atomic E-state index is -0.719. The van der Waals surface area contributed by atoms with Crippen molar-refractivity contribution in [2.45, 2.75) is 58.2 Å². The molecule has 0 aromatic heterocycles. The normalized spacial score (nSPS) is 31.7. The van der Waals surface area contributed by atoms with Crippen LogP contribution in [0.5, 0.6) is 0 Å². The van der Waals surface area contributed by atoms with Crippen molar-refractivity contribution in [1.29, 1.82) is 5.26 Å². The predicted octanol–water partition coefficient (Wildman–Crippen LogP) is 2.45. The van der Waals surface area contributed by atoms with E-state index in [1.165, 1.54) is 0 Å². The summed E-state index contributed by atoms with van der Waals surface area (Å²) in [7, 11) is 0. The number of nitrogens with zero attached hydrogens (tertiary/aromatic N) is 1. The second-order valence-electron chi connectivity index (χ2n) is 4.75. The third kappa shape index (κ3) is 2.79. The molecule has 3 nitrogen and oxygen atoms in total. The predicted molar refractivity (Wildman–Crippen MR) is 57.2 cm³/mol. The Kier molecular flexibility index (Phi) is 3.87. The highest BCUT2D eigenvalue weighted by atomic mass is 16.5. The van der Waals surface area contributed by atoms with Gasteiger partial charge < -0.3 is 4.74 Å². The van der Waals surface area contributed by atoms with Gasteiger partial charge in [0.15, 0.2) is 5.78 Å². The molecule has 0 aromatic carbocycles. The van der Waals surface area contributed by atoms with Crippen LogP contribution in [-0.2, 0) is 9.53 Å². The molecule has 1 heterocycles. The maximum Gasteiger partial charge on any atom is 0.164 e. The van der Waals surface area contributed by atoms with Gasteiger partial charge in [0.25, 0.3) is 0 Å². The number of Topliss-reactive ketones (excluding diaryl/α,β-unsaturated/α-hetero) is 1. The lowest BCUT2D eigenvalue weighted by molar-refractivity contribution is -0.167. The monoisotopic (exact) mass is 209 g/mol. The van der Waals surface area contributed by atoms with E-state index in [9.17, 15) is 4.79 Å². The molecule has 0 spiro atoms. The van der Waals surface area contributed by atoms with Crippen molar-refractivity contribution in [3.8, 4) is 6.07 Å². The fraction of sp³-hybridized carbons (Fsp3) is 0.833. The van der Waals surface area contributed by atoms with E-state index in [1.807, 2.05) is 6.92 Å². The molecule has 0 saturated carbocycles. The average Bonchev–Trinajstić information content (AvgIpc) is 2.19. The number of carbonyl (C=O) groups is 1. The molecule has 1 aliphatic heterocycles. The van der Waals surface area contributed by atoms with E-state index >= 15 is 0 Å². The number of hydrogen-bond acceptors (Lipinski definition) is 3. The van der Waals surface area contributed by atoms with Crippen molar-refractivity contribution in [3.63, 3.8) is 0 Å². The summed E-state index contributed by atoms with van der Waals surface area (Å²) >= 11 is 0. The number of carbonyl (C=O) groups excluding carboxylic acids is 1. The van der Waals surface area contributed by atoms with Crippen LogP contribution in [0.4, 0.5) is 0 Å². The van der Waals surface area contributed by atoms with Crippen molar-refractivity contribution < 1.29 is 9.53 Å². The maximum absolute atomic E-state index is 11.8. The van der Waals surface area contributed by atoms with E-state index in [0.29, 0.717) is 25.2 Å². The molecule has 1 rings (SSSR count). The van der Waals surface area contributed by atoms with Crippen molar-refractivity contribution >= 4 is 5.78 Å². The zero-order valence-electron chi connectivity index (χ0n) is 9.75. The summed E-state index contributed by atoms with van der Waals surface area (Å²) in [6.07, 6.45) is 2.47. The second-order valence-corrected chi connectivity index (χ2v) is 4.75. The van der Waals surface area contributed by atoms with Gasteiger partial charge in [0.1, 0.15) is 5.60 Å². The molecule has 1 saturated heterocycles. The van der Waals surface area contributed by atoms with E-state index in [1.54, 1.807) is 0 Å². The number of hydrogen-bond donors (Lipinski definition) is 0. The van der Waals surface area contributed by atoms with Crippen LogP contribution in [0.2, 0.25) is 0 Å². The lowest BCUT2D eigenvalue weighted by atomic mass is 9.85. The fourth-order valence-electron chi connectivity index (χ4n) is 1.96. The van der Waals surface area contributed by atoms with Crippen molar-refractivity contribution in [1.82, 2.24) is 0 Å². The van der Waals surface area contributed by atoms with Crippen LogP contribution in [0, 0.1) is 17.2 Å². The quantitative estimate of drug-likeness (QED) is 0.717. The van der Waals surface area contributed by atoms with E-state index in [4.69, 9.17) is 10.00 Å². The van der Waals surface area contributed by atoms with Crippen LogP contribution >= 0.6 is 0 Å². The summed E-state index contributed by atoms with van der Waals surface area (Å²) in [5.41, 5.74) is -0.719. The minimum absolute atomic E-state index is 0.148. The van der Waals surface area contributed by atoms with Gasteiger partial charge in [-0.1, -0.05) is 13.8 Å². The summed E-state index contributed by atoms with van der Waals surface area (Å²) in [4.78, 5) is 11.8. The summed E-state index contributed by atoms with van der Waals surface area (Å²) in [6.45, 7) is 6.03. The standard InChI is InChI=1S/C12H19NO2/c1-9(2)10-5-6-11(14)12(3,15-10)7-4-8-13/h9-10H,4-7H2,1-3H3. The number of ether oxygens (including phenoxy) is 1. The Morgan fingerprint density at radius 3 is 2.87 bits per heavy atom. The SMILES string of the molecule is CC(C)C1CCC(=O)C(C)(CCC#N)O1. The summed E-state index contributed by atoms with van der Waals surface area (Å²) < 4.78 is 5.85. The largest absolute Gasteiger partial charge is 0.364 e. The van der Waals surface area contributed by atoms with Crippen LogP contribution in [0.15, 0.2) is 0 Å². The Labute approximate surface area is 91.4 Å². The molecule has 0 aliphatic carbocycles. The van der Waals surface area contributed by atoms with Crippen LogP contribution < -0.4 is 0 Å². The third-order valence-electron chi connectivity index (χ3n) is 3.11. The maximum atomic E-state index is 11.8. The second kappa shape index (κ2) is 4.76. The summed E-state index contributed by atoms with van der Waals surface area (Å²) in [5, 5.41) is 8.56. The zero-order chi connectivity index (χ0) is 11.5.